The van der Waals surface area contributed by atoms with Crippen molar-refractivity contribution in [3.05, 3.63) is 181 Å². The maximum absolute atomic E-state index is 2.50. The predicted molar refractivity (Wildman–Crippen MR) is 232 cm³/mol. The molecule has 0 bridgehead atoms. The molecule has 0 unspecified atom stereocenters. The maximum atomic E-state index is 2.50. The molecule has 2 aromatic heterocycles. The Morgan fingerprint density at radius 3 is 1.98 bits per heavy atom. The summed E-state index contributed by atoms with van der Waals surface area (Å²) in [5.41, 5.74) is 11.1. The van der Waals surface area contributed by atoms with Crippen molar-refractivity contribution < 1.29 is 0 Å². The molecule has 2 nitrogen and oxygen atoms in total. The smallest absolute Gasteiger partial charge is 0.0547 e. The van der Waals surface area contributed by atoms with Gasteiger partial charge in [0.1, 0.15) is 0 Å². The number of unbranched alkanes of at least 4 members (excludes halogenated alkanes) is 1. The Morgan fingerprint density at radius 1 is 0.389 bits per heavy atom. The third kappa shape index (κ3) is 4.73. The van der Waals surface area contributed by atoms with E-state index in [4.69, 9.17) is 0 Å². The highest BCUT2D eigenvalue weighted by Crippen LogP contribution is 2.41. The molecule has 2 heterocycles. The SMILES string of the molecule is CCCCc1ccc2c(-n3c4ccc(-c5ccc6c7ccccc7n(-c7ccc8ccccc8c7)c6c5)cc4c4c5ccccc5ccc43)cccc2c1. The average Bonchev–Trinajstić information content (AvgIpc) is 3.74. The van der Waals surface area contributed by atoms with Crippen LogP contribution in [0.5, 0.6) is 0 Å². The van der Waals surface area contributed by atoms with E-state index in [1.165, 1.54) is 117 Å². The highest BCUT2D eigenvalue weighted by Gasteiger charge is 2.19. The zero-order valence-corrected chi connectivity index (χ0v) is 30.3. The van der Waals surface area contributed by atoms with Crippen molar-refractivity contribution in [3.63, 3.8) is 0 Å². The van der Waals surface area contributed by atoms with Crippen LogP contribution in [0.1, 0.15) is 25.3 Å². The van der Waals surface area contributed by atoms with Crippen molar-refractivity contribution in [2.75, 3.05) is 0 Å². The fourth-order valence-electron chi connectivity index (χ4n) is 9.02. The molecule has 256 valence electrons. The molecule has 0 aliphatic rings. The lowest BCUT2D eigenvalue weighted by Crippen LogP contribution is -1.96. The second kappa shape index (κ2) is 12.2. The molecule has 11 rings (SSSR count). The highest BCUT2D eigenvalue weighted by molar-refractivity contribution is 6.22. The minimum Gasteiger partial charge on any atom is -0.309 e. The lowest BCUT2D eigenvalue weighted by atomic mass is 9.99. The lowest BCUT2D eigenvalue weighted by Gasteiger charge is -2.13. The maximum Gasteiger partial charge on any atom is 0.0547 e. The van der Waals surface area contributed by atoms with Gasteiger partial charge in [-0.15, -0.1) is 0 Å². The molecule has 9 aromatic carbocycles. The van der Waals surface area contributed by atoms with E-state index in [1.807, 2.05) is 0 Å². The first-order chi connectivity index (χ1) is 26.7. The number of aromatic nitrogens is 2. The molecule has 54 heavy (non-hydrogen) atoms. The summed E-state index contributed by atoms with van der Waals surface area (Å²) in [4.78, 5) is 0. The van der Waals surface area contributed by atoms with Gasteiger partial charge in [0.15, 0.2) is 0 Å². The molecule has 0 saturated heterocycles. The van der Waals surface area contributed by atoms with Gasteiger partial charge in [-0.3, -0.25) is 0 Å². The summed E-state index contributed by atoms with van der Waals surface area (Å²) < 4.78 is 4.93. The third-order valence-corrected chi connectivity index (χ3v) is 11.6. The second-order valence-corrected chi connectivity index (χ2v) is 14.8. The minimum absolute atomic E-state index is 1.12. The quantitative estimate of drug-likeness (QED) is 0.164. The van der Waals surface area contributed by atoms with E-state index in [1.54, 1.807) is 0 Å². The summed E-state index contributed by atoms with van der Waals surface area (Å²) in [7, 11) is 0. The number of benzene rings is 9. The van der Waals surface area contributed by atoms with Crippen LogP contribution in [0.25, 0.3) is 98.4 Å². The van der Waals surface area contributed by atoms with Gasteiger partial charge < -0.3 is 9.13 Å². The average molecular weight is 691 g/mol. The first kappa shape index (κ1) is 30.9. The molecule has 0 N–H and O–H groups in total. The highest BCUT2D eigenvalue weighted by atomic mass is 15.0. The summed E-state index contributed by atoms with van der Waals surface area (Å²) in [6.45, 7) is 2.26. The molecule has 0 fully saturated rings. The summed E-state index contributed by atoms with van der Waals surface area (Å²) in [5.74, 6) is 0. The van der Waals surface area contributed by atoms with E-state index in [-0.39, 0.29) is 0 Å². The Kier molecular flexibility index (Phi) is 7.00. The van der Waals surface area contributed by atoms with E-state index < -0.39 is 0 Å². The molecule has 0 saturated carbocycles. The second-order valence-electron chi connectivity index (χ2n) is 14.8. The van der Waals surface area contributed by atoms with E-state index in [0.717, 1.165) is 6.42 Å². The zero-order valence-electron chi connectivity index (χ0n) is 30.3. The van der Waals surface area contributed by atoms with Crippen molar-refractivity contribution >= 4 is 75.9 Å². The van der Waals surface area contributed by atoms with Gasteiger partial charge in [0.2, 0.25) is 0 Å². The Morgan fingerprint density at radius 2 is 1.07 bits per heavy atom. The van der Waals surface area contributed by atoms with Crippen molar-refractivity contribution in [2.45, 2.75) is 26.2 Å². The summed E-state index contributed by atoms with van der Waals surface area (Å²) in [6.07, 6.45) is 3.54. The van der Waals surface area contributed by atoms with E-state index in [2.05, 4.69) is 192 Å². The van der Waals surface area contributed by atoms with E-state index in [0.29, 0.717) is 0 Å². The fourth-order valence-corrected chi connectivity index (χ4v) is 9.02. The Labute approximate surface area is 314 Å². The standard InChI is InChI=1S/C52H38N2/c1-2-3-11-34-20-26-42-40(30-34)15-10-19-47(42)54-49-28-24-38(32-46(49)52-43-16-7-6-13-36(43)23-29-50(52)54)39-22-27-45-44-17-8-9-18-48(44)53(51(45)33-39)41-25-21-35-12-4-5-14-37(35)31-41/h4-10,12-33H,2-3,11H2,1H3. The Hall–Kier alpha value is -6.64. The monoisotopic (exact) mass is 690 g/mol. The van der Waals surface area contributed by atoms with Crippen LogP contribution >= 0.6 is 0 Å². The number of nitrogens with zero attached hydrogens (tertiary/aromatic N) is 2. The number of hydrogen-bond acceptors (Lipinski definition) is 0. The molecule has 0 radical (unpaired) electrons. The largest absolute Gasteiger partial charge is 0.309 e. The first-order valence-electron chi connectivity index (χ1n) is 19.2. The van der Waals surface area contributed by atoms with Gasteiger partial charge in [0, 0.05) is 32.6 Å². The van der Waals surface area contributed by atoms with Crippen molar-refractivity contribution in [1.29, 1.82) is 0 Å². The zero-order chi connectivity index (χ0) is 35.8. The normalized spacial score (nSPS) is 12.0. The van der Waals surface area contributed by atoms with Crippen molar-refractivity contribution in [1.82, 2.24) is 9.13 Å². The number of aryl methyl sites for hydroxylation is 1. The number of hydrogen-bond donors (Lipinski definition) is 0. The number of para-hydroxylation sites is 1. The molecule has 11 aromatic rings. The molecule has 0 spiro atoms. The van der Waals surface area contributed by atoms with Crippen LogP contribution in [0.15, 0.2) is 176 Å². The molecule has 0 amide bonds. The molecular formula is C52H38N2. The fraction of sp³-hybridized carbons (Fsp3) is 0.0769. The Balaban J connectivity index is 1.15. The predicted octanol–water partition coefficient (Wildman–Crippen LogP) is 14.3. The van der Waals surface area contributed by atoms with Gasteiger partial charge in [0.25, 0.3) is 0 Å². The molecule has 0 aliphatic heterocycles. The molecule has 2 heteroatoms. The van der Waals surface area contributed by atoms with Crippen LogP contribution in [0.3, 0.4) is 0 Å². The van der Waals surface area contributed by atoms with Crippen molar-refractivity contribution in [3.8, 4) is 22.5 Å². The number of rotatable bonds is 6. The van der Waals surface area contributed by atoms with Gasteiger partial charge in [-0.25, -0.2) is 0 Å². The van der Waals surface area contributed by atoms with Gasteiger partial charge in [-0.1, -0.05) is 141 Å². The third-order valence-electron chi connectivity index (χ3n) is 11.6. The first-order valence-corrected chi connectivity index (χ1v) is 19.2. The van der Waals surface area contributed by atoms with Crippen molar-refractivity contribution in [2.24, 2.45) is 0 Å². The van der Waals surface area contributed by atoms with Crippen LogP contribution in [-0.2, 0) is 6.42 Å². The Bertz CT molecular complexity index is 3260. The summed E-state index contributed by atoms with van der Waals surface area (Å²) >= 11 is 0. The van der Waals surface area contributed by atoms with Crippen LogP contribution in [0.2, 0.25) is 0 Å². The summed E-state index contributed by atoms with van der Waals surface area (Å²) in [6, 6.07) is 65.6. The lowest BCUT2D eigenvalue weighted by molar-refractivity contribution is 0.796. The van der Waals surface area contributed by atoms with E-state index in [9.17, 15) is 0 Å². The molecule has 0 aliphatic carbocycles. The number of fused-ring (bicyclic) bond motifs is 10. The van der Waals surface area contributed by atoms with Gasteiger partial charge >= 0.3 is 0 Å². The van der Waals surface area contributed by atoms with Crippen LogP contribution in [0.4, 0.5) is 0 Å². The summed E-state index contributed by atoms with van der Waals surface area (Å²) in [5, 5.41) is 12.7. The van der Waals surface area contributed by atoms with Gasteiger partial charge in [-0.05, 0) is 105 Å². The molecular weight excluding hydrogens is 653 g/mol. The van der Waals surface area contributed by atoms with Crippen LogP contribution < -0.4 is 0 Å². The van der Waals surface area contributed by atoms with Crippen LogP contribution in [-0.4, -0.2) is 9.13 Å². The van der Waals surface area contributed by atoms with E-state index >= 15 is 0 Å². The molecule has 0 atom stereocenters. The topological polar surface area (TPSA) is 9.86 Å². The van der Waals surface area contributed by atoms with Gasteiger partial charge in [0.05, 0.1) is 27.8 Å². The van der Waals surface area contributed by atoms with Crippen LogP contribution in [0, 0.1) is 0 Å². The van der Waals surface area contributed by atoms with Gasteiger partial charge in [-0.2, -0.15) is 0 Å². The minimum atomic E-state index is 1.12.